The molecule has 2 aromatic heterocycles. The first-order valence-electron chi connectivity index (χ1n) is 11.6. The van der Waals surface area contributed by atoms with Crippen LogP contribution in [-0.4, -0.2) is 33.6 Å². The molecule has 176 valence electrons. The maximum atomic E-state index is 13.3. The first kappa shape index (κ1) is 22.8. The third-order valence-corrected chi connectivity index (χ3v) is 8.19. The molecular weight excluding hydrogens is 501 g/mol. The summed E-state index contributed by atoms with van der Waals surface area (Å²) in [6, 6.07) is 19.1. The molecular formula is C28H22Cl3N3O. The van der Waals surface area contributed by atoms with Gasteiger partial charge >= 0.3 is 0 Å². The summed E-state index contributed by atoms with van der Waals surface area (Å²) < 4.78 is 1.59. The third kappa shape index (κ3) is 3.80. The van der Waals surface area contributed by atoms with Gasteiger partial charge in [-0.05, 0) is 62.2 Å². The van der Waals surface area contributed by atoms with E-state index in [9.17, 15) is 4.79 Å². The van der Waals surface area contributed by atoms with Crippen molar-refractivity contribution >= 4 is 51.3 Å². The number of nitrogens with zero attached hydrogens (tertiary/aromatic N) is 3. The lowest BCUT2D eigenvalue weighted by molar-refractivity contribution is 0.264. The van der Waals surface area contributed by atoms with E-state index < -0.39 is 0 Å². The molecule has 0 saturated carbocycles. The quantitative estimate of drug-likeness (QED) is 0.284. The SMILES string of the molecule is CN1C2C=C(c3cc4c(ccc(=O)n4-c4c(Cl)cccc4Cl)c(-c4ccccc4Cl)n3)CC1CC2. The molecule has 4 nitrogen and oxygen atoms in total. The number of aromatic nitrogens is 2. The molecule has 0 spiro atoms. The summed E-state index contributed by atoms with van der Waals surface area (Å²) in [6.45, 7) is 0. The predicted octanol–water partition coefficient (Wildman–Crippen LogP) is 7.26. The summed E-state index contributed by atoms with van der Waals surface area (Å²) in [5.74, 6) is 0. The lowest BCUT2D eigenvalue weighted by atomic mass is 9.96. The topological polar surface area (TPSA) is 38.1 Å². The molecule has 4 heterocycles. The highest BCUT2D eigenvalue weighted by atomic mass is 35.5. The molecule has 2 atom stereocenters. The number of likely N-dealkylation sites (N-methyl/N-ethyl adjacent to an activating group) is 1. The van der Waals surface area contributed by atoms with Crippen LogP contribution >= 0.6 is 34.8 Å². The fourth-order valence-corrected chi connectivity index (χ4v) is 6.22. The third-order valence-electron chi connectivity index (χ3n) is 7.25. The Balaban J connectivity index is 1.70. The smallest absolute Gasteiger partial charge is 0.255 e. The summed E-state index contributed by atoms with van der Waals surface area (Å²) >= 11 is 19.8. The number of fused-ring (bicyclic) bond motifs is 3. The van der Waals surface area contributed by atoms with Crippen LogP contribution in [0.2, 0.25) is 15.1 Å². The number of benzene rings is 2. The minimum absolute atomic E-state index is 0.216. The van der Waals surface area contributed by atoms with Crippen molar-refractivity contribution in [1.29, 1.82) is 0 Å². The molecule has 2 unspecified atom stereocenters. The van der Waals surface area contributed by atoms with Crippen molar-refractivity contribution in [3.8, 4) is 16.9 Å². The van der Waals surface area contributed by atoms with Gasteiger partial charge in [-0.25, -0.2) is 4.98 Å². The van der Waals surface area contributed by atoms with Crippen LogP contribution in [0.4, 0.5) is 0 Å². The Labute approximate surface area is 218 Å². The number of halogens is 3. The summed E-state index contributed by atoms with van der Waals surface area (Å²) in [6.07, 6.45) is 5.56. The van der Waals surface area contributed by atoms with Crippen LogP contribution < -0.4 is 5.56 Å². The summed E-state index contributed by atoms with van der Waals surface area (Å²) in [7, 11) is 2.19. The Morgan fingerprint density at radius 1 is 0.914 bits per heavy atom. The van der Waals surface area contributed by atoms with Crippen molar-refractivity contribution in [2.24, 2.45) is 0 Å². The van der Waals surface area contributed by atoms with E-state index in [1.165, 1.54) is 18.1 Å². The molecule has 0 amide bonds. The molecule has 6 rings (SSSR count). The van der Waals surface area contributed by atoms with Gasteiger partial charge in [-0.3, -0.25) is 14.3 Å². The molecule has 1 fully saturated rings. The average Bonchev–Trinajstić information content (AvgIpc) is 3.04. The van der Waals surface area contributed by atoms with Crippen molar-refractivity contribution in [1.82, 2.24) is 14.5 Å². The van der Waals surface area contributed by atoms with Gasteiger partial charge in [0.05, 0.1) is 32.6 Å². The summed E-state index contributed by atoms with van der Waals surface area (Å²) in [5, 5.41) is 2.21. The minimum atomic E-state index is -0.216. The van der Waals surface area contributed by atoms with Crippen LogP contribution in [0.1, 0.15) is 25.0 Å². The van der Waals surface area contributed by atoms with Gasteiger partial charge in [-0.1, -0.05) is 65.1 Å². The van der Waals surface area contributed by atoms with Gasteiger partial charge in [-0.15, -0.1) is 0 Å². The van der Waals surface area contributed by atoms with E-state index in [0.717, 1.165) is 35.2 Å². The van der Waals surface area contributed by atoms with Crippen molar-refractivity contribution < 1.29 is 0 Å². The van der Waals surface area contributed by atoms with Crippen LogP contribution in [0.5, 0.6) is 0 Å². The van der Waals surface area contributed by atoms with E-state index in [1.54, 1.807) is 28.8 Å². The second-order valence-electron chi connectivity index (χ2n) is 9.21. The van der Waals surface area contributed by atoms with E-state index in [4.69, 9.17) is 39.8 Å². The lowest BCUT2D eigenvalue weighted by Gasteiger charge is -2.30. The Bertz CT molecular complexity index is 1560. The summed E-state index contributed by atoms with van der Waals surface area (Å²) in [5.41, 5.74) is 4.52. The molecule has 4 aromatic rings. The van der Waals surface area contributed by atoms with Crippen LogP contribution in [-0.2, 0) is 0 Å². The Hall–Kier alpha value is -2.63. The number of rotatable bonds is 3. The summed E-state index contributed by atoms with van der Waals surface area (Å²) in [4.78, 5) is 20.9. The standard InChI is InChI=1S/C28H22Cl3N3O/c1-33-17-9-10-18(33)14-16(13-17)24-15-25-20(27(32-24)19-5-2-3-6-21(19)29)11-12-26(35)34(25)28-22(30)7-4-8-23(28)31/h2-8,11-13,15,17-18H,9-10,14H2,1H3. The van der Waals surface area contributed by atoms with Gasteiger partial charge in [-0.2, -0.15) is 0 Å². The second kappa shape index (κ2) is 8.79. The monoisotopic (exact) mass is 521 g/mol. The van der Waals surface area contributed by atoms with Gasteiger partial charge < -0.3 is 0 Å². The normalized spacial score (nSPS) is 19.8. The average molecular weight is 523 g/mol. The van der Waals surface area contributed by atoms with Gasteiger partial charge in [0.25, 0.3) is 5.56 Å². The van der Waals surface area contributed by atoms with Crippen LogP contribution in [0.25, 0.3) is 33.4 Å². The number of hydrogen-bond acceptors (Lipinski definition) is 3. The Morgan fingerprint density at radius 2 is 1.66 bits per heavy atom. The number of pyridine rings is 2. The maximum absolute atomic E-state index is 13.3. The van der Waals surface area contributed by atoms with Gasteiger partial charge in [0.1, 0.15) is 0 Å². The van der Waals surface area contributed by atoms with E-state index in [0.29, 0.717) is 38.4 Å². The zero-order valence-electron chi connectivity index (χ0n) is 19.0. The van der Waals surface area contributed by atoms with Crippen molar-refractivity contribution in [2.75, 3.05) is 7.05 Å². The predicted molar refractivity (Wildman–Crippen MR) is 145 cm³/mol. The zero-order valence-corrected chi connectivity index (χ0v) is 21.3. The van der Waals surface area contributed by atoms with Crippen LogP contribution in [0.15, 0.2) is 71.5 Å². The fraction of sp³-hybridized carbons (Fsp3) is 0.214. The zero-order chi connectivity index (χ0) is 24.3. The van der Waals surface area contributed by atoms with Gasteiger partial charge in [0, 0.05) is 34.1 Å². The first-order chi connectivity index (χ1) is 16.9. The highest BCUT2D eigenvalue weighted by Gasteiger charge is 2.34. The molecule has 0 radical (unpaired) electrons. The Morgan fingerprint density at radius 3 is 2.40 bits per heavy atom. The lowest BCUT2D eigenvalue weighted by Crippen LogP contribution is -2.34. The molecule has 1 saturated heterocycles. The van der Waals surface area contributed by atoms with Crippen LogP contribution in [0.3, 0.4) is 0 Å². The highest BCUT2D eigenvalue weighted by molar-refractivity contribution is 6.38. The molecule has 0 aliphatic carbocycles. The second-order valence-corrected chi connectivity index (χ2v) is 10.4. The Kier molecular flexibility index (Phi) is 5.73. The minimum Gasteiger partial charge on any atom is -0.297 e. The largest absolute Gasteiger partial charge is 0.297 e. The van der Waals surface area contributed by atoms with Crippen molar-refractivity contribution in [3.63, 3.8) is 0 Å². The molecule has 35 heavy (non-hydrogen) atoms. The first-order valence-corrected chi connectivity index (χ1v) is 12.7. The van der Waals surface area contributed by atoms with Crippen molar-refractivity contribution in [2.45, 2.75) is 31.3 Å². The highest BCUT2D eigenvalue weighted by Crippen LogP contribution is 2.40. The van der Waals surface area contributed by atoms with Gasteiger partial charge in [0.2, 0.25) is 0 Å². The van der Waals surface area contributed by atoms with Crippen molar-refractivity contribution in [3.05, 3.63) is 97.9 Å². The number of hydrogen-bond donors (Lipinski definition) is 0. The van der Waals surface area contributed by atoms with E-state index in [1.807, 2.05) is 30.3 Å². The van der Waals surface area contributed by atoms with Gasteiger partial charge in [0.15, 0.2) is 0 Å². The molecule has 2 aromatic carbocycles. The maximum Gasteiger partial charge on any atom is 0.255 e. The molecule has 2 bridgehead atoms. The van der Waals surface area contributed by atoms with E-state index in [-0.39, 0.29) is 5.56 Å². The molecule has 2 aliphatic rings. The van der Waals surface area contributed by atoms with Crippen LogP contribution in [0, 0.1) is 0 Å². The van der Waals surface area contributed by atoms with E-state index in [2.05, 4.69) is 18.0 Å². The molecule has 2 aliphatic heterocycles. The fourth-order valence-electron chi connectivity index (χ4n) is 5.43. The van der Waals surface area contributed by atoms with E-state index >= 15 is 0 Å². The molecule has 7 heteroatoms. The molecule has 0 N–H and O–H groups in total. The number of para-hydroxylation sites is 1.